The summed E-state index contributed by atoms with van der Waals surface area (Å²) in [6, 6.07) is 7.86. The van der Waals surface area contributed by atoms with Crippen molar-refractivity contribution in [2.45, 2.75) is 32.6 Å². The van der Waals surface area contributed by atoms with E-state index in [1.54, 1.807) is 6.92 Å². The van der Waals surface area contributed by atoms with Gasteiger partial charge < -0.3 is 5.11 Å². The highest BCUT2D eigenvalue weighted by Crippen LogP contribution is 2.25. The van der Waals surface area contributed by atoms with E-state index in [1.807, 2.05) is 28.6 Å². The third kappa shape index (κ3) is 7.36. The van der Waals surface area contributed by atoms with Crippen LogP contribution in [0.4, 0.5) is 5.69 Å². The Morgan fingerprint density at radius 1 is 1.36 bits per heavy atom. The van der Waals surface area contributed by atoms with Crippen LogP contribution >= 0.6 is 12.2 Å². The SMILES string of the molecule is CC#Cc1cccc(N(CCCCCC(=O)O)SOOC)c1. The molecule has 1 N–H and O–H groups in total. The fraction of sp³-hybridized carbons (Fsp3) is 0.438. The van der Waals surface area contributed by atoms with Gasteiger partial charge in [-0.15, -0.1) is 10.3 Å². The van der Waals surface area contributed by atoms with Crippen LogP contribution in [0, 0.1) is 11.8 Å². The standard InChI is InChI=1S/C16H21NO4S/c1-3-8-14-9-7-10-15(13-14)17(22-21-20-2)12-6-4-5-11-16(18)19/h7,9-10,13H,4-6,11-12H2,1-2H3,(H,18,19). The average Bonchev–Trinajstić information content (AvgIpc) is 2.50. The summed E-state index contributed by atoms with van der Waals surface area (Å²) in [5, 5.41) is 8.63. The average molecular weight is 323 g/mol. The van der Waals surface area contributed by atoms with Crippen LogP contribution in [0.15, 0.2) is 24.3 Å². The number of carbonyl (C=O) groups is 1. The molecule has 22 heavy (non-hydrogen) atoms. The van der Waals surface area contributed by atoms with Crippen LogP contribution in [0.3, 0.4) is 0 Å². The van der Waals surface area contributed by atoms with Gasteiger partial charge in [0.2, 0.25) is 0 Å². The third-order valence-electron chi connectivity index (χ3n) is 2.84. The monoisotopic (exact) mass is 323 g/mol. The number of aliphatic carboxylic acids is 1. The number of nitrogens with zero attached hydrogens (tertiary/aromatic N) is 1. The van der Waals surface area contributed by atoms with Crippen molar-refractivity contribution in [2.24, 2.45) is 0 Å². The fourth-order valence-electron chi connectivity index (χ4n) is 1.87. The second-order valence-corrected chi connectivity index (χ2v) is 5.27. The highest BCUT2D eigenvalue weighted by molar-refractivity contribution is 7.96. The molecule has 0 aliphatic carbocycles. The van der Waals surface area contributed by atoms with E-state index in [0.29, 0.717) is 6.42 Å². The molecule has 5 nitrogen and oxygen atoms in total. The zero-order valence-corrected chi connectivity index (χ0v) is 13.7. The largest absolute Gasteiger partial charge is 0.481 e. The highest BCUT2D eigenvalue weighted by Gasteiger charge is 2.09. The molecule has 6 heteroatoms. The lowest BCUT2D eigenvalue weighted by Crippen LogP contribution is -2.16. The number of unbranched alkanes of at least 4 members (excludes halogenated alkanes) is 2. The van der Waals surface area contributed by atoms with Crippen LogP contribution in [-0.4, -0.2) is 24.7 Å². The quantitative estimate of drug-likeness (QED) is 0.177. The maximum Gasteiger partial charge on any atom is 0.303 e. The Kier molecular flexibility index (Phi) is 9.15. The molecule has 0 heterocycles. The van der Waals surface area contributed by atoms with Gasteiger partial charge in [0.15, 0.2) is 12.2 Å². The normalized spacial score (nSPS) is 9.91. The van der Waals surface area contributed by atoms with Gasteiger partial charge in [-0.1, -0.05) is 18.4 Å². The molecule has 0 aromatic heterocycles. The first-order valence-corrected chi connectivity index (χ1v) is 7.77. The van der Waals surface area contributed by atoms with Crippen molar-refractivity contribution in [3.05, 3.63) is 29.8 Å². The van der Waals surface area contributed by atoms with Gasteiger partial charge in [0, 0.05) is 18.5 Å². The molecular weight excluding hydrogens is 302 g/mol. The molecule has 120 valence electrons. The van der Waals surface area contributed by atoms with E-state index in [9.17, 15) is 4.79 Å². The summed E-state index contributed by atoms with van der Waals surface area (Å²) in [5.74, 6) is 5.15. The molecule has 0 aliphatic heterocycles. The minimum absolute atomic E-state index is 0.212. The molecule has 0 saturated carbocycles. The van der Waals surface area contributed by atoms with Crippen molar-refractivity contribution in [2.75, 3.05) is 18.0 Å². The van der Waals surface area contributed by atoms with E-state index in [4.69, 9.17) is 9.44 Å². The number of benzene rings is 1. The molecule has 0 spiro atoms. The lowest BCUT2D eigenvalue weighted by Gasteiger charge is -2.21. The third-order valence-corrected chi connectivity index (χ3v) is 3.61. The topological polar surface area (TPSA) is 59.0 Å². The van der Waals surface area contributed by atoms with Crippen LogP contribution in [0.1, 0.15) is 38.2 Å². The maximum atomic E-state index is 10.5. The summed E-state index contributed by atoms with van der Waals surface area (Å²) in [5.41, 5.74) is 1.91. The predicted octanol–water partition coefficient (Wildman–Crippen LogP) is 3.65. The smallest absolute Gasteiger partial charge is 0.303 e. The van der Waals surface area contributed by atoms with Gasteiger partial charge in [-0.2, -0.15) is 0 Å². The van der Waals surface area contributed by atoms with Gasteiger partial charge in [0.25, 0.3) is 0 Å². The molecule has 0 fully saturated rings. The first kappa shape index (κ1) is 18.4. The Balaban J connectivity index is 2.60. The number of carboxylic acid groups (broad SMARTS) is 1. The zero-order valence-electron chi connectivity index (χ0n) is 12.9. The molecule has 1 rings (SSSR count). The highest BCUT2D eigenvalue weighted by atomic mass is 32.2. The van der Waals surface area contributed by atoms with E-state index in [-0.39, 0.29) is 6.42 Å². The summed E-state index contributed by atoms with van der Waals surface area (Å²) in [7, 11) is 1.46. The number of hydrogen-bond acceptors (Lipinski definition) is 5. The van der Waals surface area contributed by atoms with E-state index >= 15 is 0 Å². The Labute approximate surface area is 135 Å². The van der Waals surface area contributed by atoms with Gasteiger partial charge in [0.05, 0.1) is 12.8 Å². The van der Waals surface area contributed by atoms with E-state index in [0.717, 1.165) is 42.9 Å². The van der Waals surface area contributed by atoms with Crippen molar-refractivity contribution in [3.63, 3.8) is 0 Å². The van der Waals surface area contributed by atoms with E-state index < -0.39 is 5.97 Å². The van der Waals surface area contributed by atoms with Gasteiger partial charge in [-0.05, 0) is 38.0 Å². The van der Waals surface area contributed by atoms with Crippen molar-refractivity contribution in [1.29, 1.82) is 0 Å². The minimum atomic E-state index is -0.750. The van der Waals surface area contributed by atoms with Gasteiger partial charge in [0.1, 0.15) is 0 Å². The molecule has 1 aromatic carbocycles. The van der Waals surface area contributed by atoms with E-state index in [1.165, 1.54) is 7.11 Å². The molecule has 0 radical (unpaired) electrons. The lowest BCUT2D eigenvalue weighted by molar-refractivity contribution is -0.160. The first-order valence-electron chi connectivity index (χ1n) is 7.07. The lowest BCUT2D eigenvalue weighted by atomic mass is 10.2. The molecule has 0 atom stereocenters. The molecule has 1 aromatic rings. The fourth-order valence-corrected chi connectivity index (χ4v) is 2.41. The maximum absolute atomic E-state index is 10.5. The van der Waals surface area contributed by atoms with Crippen LogP contribution in [0.25, 0.3) is 0 Å². The van der Waals surface area contributed by atoms with Crippen LogP contribution in [0.5, 0.6) is 0 Å². The first-order chi connectivity index (χ1) is 10.7. The Morgan fingerprint density at radius 2 is 2.18 bits per heavy atom. The summed E-state index contributed by atoms with van der Waals surface area (Å²) in [6.07, 6.45) is 2.62. The summed E-state index contributed by atoms with van der Waals surface area (Å²) in [4.78, 5) is 15.1. The molecule has 0 amide bonds. The molecule has 0 unspecified atom stereocenters. The van der Waals surface area contributed by atoms with Gasteiger partial charge >= 0.3 is 5.97 Å². The minimum Gasteiger partial charge on any atom is -0.481 e. The number of carboxylic acids is 1. The number of rotatable bonds is 10. The summed E-state index contributed by atoms with van der Waals surface area (Å²) in [6.45, 7) is 2.53. The Morgan fingerprint density at radius 3 is 2.86 bits per heavy atom. The molecule has 0 aliphatic rings. The Bertz CT molecular complexity index is 524. The summed E-state index contributed by atoms with van der Waals surface area (Å²) >= 11 is 1.11. The van der Waals surface area contributed by atoms with E-state index in [2.05, 4.69) is 16.7 Å². The van der Waals surface area contributed by atoms with Crippen molar-refractivity contribution in [1.82, 2.24) is 0 Å². The zero-order chi connectivity index (χ0) is 16.2. The molecule has 0 bridgehead atoms. The van der Waals surface area contributed by atoms with Crippen LogP contribution in [-0.2, 0) is 14.0 Å². The predicted molar refractivity (Wildman–Crippen MR) is 88.1 cm³/mol. The van der Waals surface area contributed by atoms with Crippen molar-refractivity contribution >= 4 is 23.9 Å². The second kappa shape index (κ2) is 11.0. The van der Waals surface area contributed by atoms with Gasteiger partial charge in [-0.3, -0.25) is 9.10 Å². The van der Waals surface area contributed by atoms with Crippen molar-refractivity contribution < 1.29 is 19.1 Å². The van der Waals surface area contributed by atoms with Crippen molar-refractivity contribution in [3.8, 4) is 11.8 Å². The molecular formula is C16H21NO4S. The second-order valence-electron chi connectivity index (χ2n) is 4.54. The number of anilines is 1. The van der Waals surface area contributed by atoms with Crippen LogP contribution in [0.2, 0.25) is 0 Å². The Hall–Kier alpha value is -1.68. The number of hydrogen-bond donors (Lipinski definition) is 1. The molecule has 0 saturated heterocycles. The van der Waals surface area contributed by atoms with Gasteiger partial charge in [-0.25, -0.2) is 4.89 Å². The summed E-state index contributed by atoms with van der Waals surface area (Å²) < 4.78 is 6.92. The van der Waals surface area contributed by atoms with Crippen LogP contribution < -0.4 is 4.31 Å².